The van der Waals surface area contributed by atoms with Crippen LogP contribution < -0.4 is 0 Å². The summed E-state index contributed by atoms with van der Waals surface area (Å²) in [5, 5.41) is 5.72. The van der Waals surface area contributed by atoms with Crippen LogP contribution in [0.25, 0.3) is 22.7 Å². The van der Waals surface area contributed by atoms with E-state index in [4.69, 9.17) is 17.0 Å². The van der Waals surface area contributed by atoms with E-state index < -0.39 is 19.4 Å². The van der Waals surface area contributed by atoms with Crippen LogP contribution in [0.3, 0.4) is 0 Å². The van der Waals surface area contributed by atoms with Gasteiger partial charge in [0.15, 0.2) is 0 Å². The summed E-state index contributed by atoms with van der Waals surface area (Å²) in [6.07, 6.45) is 4.12. The van der Waals surface area contributed by atoms with Crippen LogP contribution in [-0.2, 0) is 19.4 Å². The molecule has 22 heavy (non-hydrogen) atoms. The molecule has 0 spiro atoms. The Labute approximate surface area is 144 Å². The van der Waals surface area contributed by atoms with Gasteiger partial charge in [-0.1, -0.05) is 0 Å². The van der Waals surface area contributed by atoms with Crippen molar-refractivity contribution in [1.82, 2.24) is 9.78 Å². The molecule has 5 heteroatoms. The first kappa shape index (κ1) is 14.7. The second-order valence-electron chi connectivity index (χ2n) is 5.51. The first-order valence-electron chi connectivity index (χ1n) is 7.09. The second kappa shape index (κ2) is 5.63. The summed E-state index contributed by atoms with van der Waals surface area (Å²) in [4.78, 5) is 0. The summed E-state index contributed by atoms with van der Waals surface area (Å²) in [6, 6.07) is 14.6. The predicted octanol–water partition coefficient (Wildman–Crippen LogP) is 5.41. The molecule has 1 aliphatic rings. The monoisotopic (exact) mass is 405 g/mol. The number of hydrogen-bond donors (Lipinski definition) is 0. The van der Waals surface area contributed by atoms with Gasteiger partial charge in [-0.2, -0.15) is 0 Å². The van der Waals surface area contributed by atoms with E-state index in [-0.39, 0.29) is 3.63 Å². The van der Waals surface area contributed by atoms with Crippen molar-refractivity contribution in [2.45, 2.75) is 10.5 Å². The minimum atomic E-state index is -2.39. The zero-order valence-electron chi connectivity index (χ0n) is 11.9. The summed E-state index contributed by atoms with van der Waals surface area (Å²) in [7, 11) is 12.8. The molecule has 2 aromatic carbocycles. The quantitative estimate of drug-likeness (QED) is 0.556. The number of nitrogens with zero attached hydrogens (tertiary/aromatic N) is 2. The van der Waals surface area contributed by atoms with Gasteiger partial charge < -0.3 is 0 Å². The van der Waals surface area contributed by atoms with Gasteiger partial charge in [-0.15, -0.1) is 0 Å². The fourth-order valence-electron chi connectivity index (χ4n) is 3.17. The van der Waals surface area contributed by atoms with Crippen molar-refractivity contribution in [1.29, 1.82) is 0 Å². The summed E-state index contributed by atoms with van der Waals surface area (Å²) in [5.41, 5.74) is 5.95. The average Bonchev–Trinajstić information content (AvgIpc) is 3.06. The molecule has 1 aliphatic carbocycles. The van der Waals surface area contributed by atoms with Crippen molar-refractivity contribution in [2.75, 3.05) is 0 Å². The number of allylic oxidation sites excluding steroid dienone is 1. The normalized spacial score (nSPS) is 16.7. The Bertz CT molecular complexity index is 899. The van der Waals surface area contributed by atoms with Crippen LogP contribution in [0.15, 0.2) is 54.2 Å². The second-order valence-corrected chi connectivity index (χ2v) is 14.3. The molecule has 0 saturated heterocycles. The van der Waals surface area contributed by atoms with E-state index in [9.17, 15) is 0 Å². The van der Waals surface area contributed by atoms with Crippen molar-refractivity contribution >= 4 is 34.0 Å². The molecular weight excluding hydrogens is 394 g/mol. The Balaban J connectivity index is 1.96. The summed E-state index contributed by atoms with van der Waals surface area (Å²) < 4.78 is 2.26. The van der Waals surface area contributed by atoms with Gasteiger partial charge in [0.25, 0.3) is 0 Å². The SMILES string of the molecule is CC1=Cc2c(cccc2-n2ncc3ccccc32)[CH]1[Zr]([Cl])[Cl]. The third-order valence-electron chi connectivity index (χ3n) is 4.18. The molecule has 109 valence electrons. The van der Waals surface area contributed by atoms with Crippen LogP contribution in [0.1, 0.15) is 21.7 Å². The van der Waals surface area contributed by atoms with Crippen LogP contribution >= 0.6 is 17.0 Å². The Morgan fingerprint density at radius 3 is 2.73 bits per heavy atom. The third-order valence-corrected chi connectivity index (χ3v) is 9.72. The maximum atomic E-state index is 6.38. The molecule has 1 atom stereocenters. The van der Waals surface area contributed by atoms with Gasteiger partial charge in [-0.3, -0.25) is 0 Å². The molecule has 1 heterocycles. The average molecular weight is 407 g/mol. The van der Waals surface area contributed by atoms with Crippen LogP contribution in [0.4, 0.5) is 0 Å². The van der Waals surface area contributed by atoms with Gasteiger partial charge in [0.2, 0.25) is 0 Å². The molecule has 0 fully saturated rings. The molecule has 0 radical (unpaired) electrons. The van der Waals surface area contributed by atoms with E-state index in [1.165, 1.54) is 16.7 Å². The van der Waals surface area contributed by atoms with E-state index in [1.807, 2.05) is 23.0 Å². The van der Waals surface area contributed by atoms with Gasteiger partial charge >= 0.3 is 145 Å². The van der Waals surface area contributed by atoms with Crippen LogP contribution in [0.5, 0.6) is 0 Å². The molecule has 0 N–H and O–H groups in total. The fraction of sp³-hybridized carbons (Fsp3) is 0.118. The Morgan fingerprint density at radius 2 is 1.91 bits per heavy atom. The van der Waals surface area contributed by atoms with Crippen molar-refractivity contribution < 1.29 is 19.4 Å². The fourth-order valence-corrected chi connectivity index (χ4v) is 8.85. The molecule has 0 aliphatic heterocycles. The van der Waals surface area contributed by atoms with Crippen LogP contribution in [0, 0.1) is 0 Å². The number of halogens is 2. The van der Waals surface area contributed by atoms with Crippen molar-refractivity contribution in [3.63, 3.8) is 0 Å². The first-order chi connectivity index (χ1) is 10.7. The maximum absolute atomic E-state index is 6.38. The Hall–Kier alpha value is -0.887. The number of para-hydroxylation sites is 1. The Morgan fingerprint density at radius 1 is 1.09 bits per heavy atom. The number of aromatic nitrogens is 2. The van der Waals surface area contributed by atoms with E-state index in [0.29, 0.717) is 0 Å². The topological polar surface area (TPSA) is 17.8 Å². The van der Waals surface area contributed by atoms with Crippen LogP contribution in [0.2, 0.25) is 0 Å². The molecule has 1 aromatic heterocycles. The van der Waals surface area contributed by atoms with Gasteiger partial charge in [-0.05, 0) is 0 Å². The summed E-state index contributed by atoms with van der Waals surface area (Å²) in [5.74, 6) is 0. The minimum absolute atomic E-state index is 0.252. The molecule has 2 nitrogen and oxygen atoms in total. The molecular formula is C17H13Cl2N2Zr. The van der Waals surface area contributed by atoms with Crippen molar-refractivity contribution in [2.24, 2.45) is 0 Å². The number of rotatable bonds is 2. The van der Waals surface area contributed by atoms with E-state index >= 15 is 0 Å². The number of hydrogen-bond acceptors (Lipinski definition) is 1. The molecule has 1 unspecified atom stereocenters. The summed E-state index contributed by atoms with van der Waals surface area (Å²) in [6.45, 7) is 2.13. The van der Waals surface area contributed by atoms with Crippen molar-refractivity contribution in [3.05, 3.63) is 65.4 Å². The van der Waals surface area contributed by atoms with E-state index in [2.05, 4.69) is 48.4 Å². The molecule has 0 amide bonds. The first-order valence-corrected chi connectivity index (χ1v) is 14.8. The van der Waals surface area contributed by atoms with E-state index in [1.54, 1.807) is 0 Å². The van der Waals surface area contributed by atoms with Gasteiger partial charge in [-0.25, -0.2) is 0 Å². The van der Waals surface area contributed by atoms with E-state index in [0.717, 1.165) is 16.6 Å². The Kier molecular flexibility index (Phi) is 3.76. The van der Waals surface area contributed by atoms with Crippen LogP contribution in [-0.4, -0.2) is 9.78 Å². The zero-order valence-corrected chi connectivity index (χ0v) is 15.9. The number of benzene rings is 2. The molecule has 0 saturated carbocycles. The third kappa shape index (κ3) is 2.22. The van der Waals surface area contributed by atoms with Gasteiger partial charge in [0.1, 0.15) is 0 Å². The molecule has 3 aromatic rings. The standard InChI is InChI=1S/C17H13N2.2ClH.Zr/c1-12-9-13-6-4-8-17(15(13)10-12)19-16-7-3-2-5-14(16)11-18-19;;;/h2-11H,1H3;2*1H;/q;;;+2/p-2. The zero-order chi connectivity index (χ0) is 15.3. The van der Waals surface area contributed by atoms with Gasteiger partial charge in [0, 0.05) is 0 Å². The summed E-state index contributed by atoms with van der Waals surface area (Å²) >= 11 is -2.39. The van der Waals surface area contributed by atoms with Gasteiger partial charge in [0.05, 0.1) is 0 Å². The van der Waals surface area contributed by atoms with Crippen molar-refractivity contribution in [3.8, 4) is 5.69 Å². The molecule has 0 bridgehead atoms. The number of fused-ring (bicyclic) bond motifs is 2. The predicted molar refractivity (Wildman–Crippen MR) is 89.2 cm³/mol. The molecule has 4 rings (SSSR count).